The molecule has 0 aromatic rings. The molecule has 0 bridgehead atoms. The quantitative estimate of drug-likeness (QED) is 0.429. The molecule has 0 atom stereocenters. The predicted octanol–water partition coefficient (Wildman–Crippen LogP) is 2.80. The lowest BCUT2D eigenvalue weighted by atomic mass is 10.4. The molecule has 0 radical (unpaired) electrons. The van der Waals surface area contributed by atoms with Crippen LogP contribution in [0.3, 0.4) is 0 Å². The number of halogens is 4. The number of alkyl halides is 4. The van der Waals surface area contributed by atoms with Crippen molar-refractivity contribution in [1.82, 2.24) is 14.0 Å². The Labute approximate surface area is 111 Å². The van der Waals surface area contributed by atoms with E-state index in [1.54, 1.807) is 56.3 Å². The summed E-state index contributed by atoms with van der Waals surface area (Å²) in [6.45, 7) is 0.0869. The van der Waals surface area contributed by atoms with E-state index in [0.29, 0.717) is 0 Å². The van der Waals surface area contributed by atoms with E-state index in [1.807, 2.05) is 0 Å². The molecule has 0 aromatic heterocycles. The van der Waals surface area contributed by atoms with Gasteiger partial charge in [0, 0.05) is 6.92 Å². The van der Waals surface area contributed by atoms with Crippen LogP contribution >= 0.6 is 7.51 Å². The minimum atomic E-state index is -4.65. The van der Waals surface area contributed by atoms with E-state index in [1.165, 1.54) is 0 Å². The van der Waals surface area contributed by atoms with Gasteiger partial charge in [-0.25, -0.2) is 0 Å². The monoisotopic (exact) mass is 308 g/mol. The second-order valence-electron chi connectivity index (χ2n) is 4.66. The number of hydrogen-bond acceptors (Lipinski definition) is 2. The standard InChI is InChI=1S/C9H21F4N4OP/c1-8(10,11)9(12,13)18-14-19(15(2)3,16(4)5)17(6)7/h1-7H3. The minimum absolute atomic E-state index is 0.0869. The van der Waals surface area contributed by atoms with Crippen molar-refractivity contribution in [1.29, 1.82) is 0 Å². The molecule has 0 aliphatic heterocycles. The third kappa shape index (κ3) is 3.88. The molecule has 0 saturated carbocycles. The van der Waals surface area contributed by atoms with Crippen molar-refractivity contribution in [3.8, 4) is 0 Å². The van der Waals surface area contributed by atoms with Crippen LogP contribution in [0.25, 0.3) is 0 Å². The van der Waals surface area contributed by atoms with E-state index >= 15 is 0 Å². The molecule has 19 heavy (non-hydrogen) atoms. The van der Waals surface area contributed by atoms with Crippen LogP contribution in [0.15, 0.2) is 4.91 Å². The molecule has 0 rings (SSSR count). The van der Waals surface area contributed by atoms with Crippen molar-refractivity contribution < 1.29 is 22.4 Å². The highest BCUT2D eigenvalue weighted by Gasteiger charge is 2.55. The van der Waals surface area contributed by atoms with Crippen LogP contribution in [0.1, 0.15) is 6.92 Å². The van der Waals surface area contributed by atoms with E-state index in [2.05, 4.69) is 9.75 Å². The smallest absolute Gasteiger partial charge is 0.250 e. The van der Waals surface area contributed by atoms with Gasteiger partial charge >= 0.3 is 12.0 Å². The molecule has 10 heteroatoms. The molecule has 0 unspecified atom stereocenters. The summed E-state index contributed by atoms with van der Waals surface area (Å²) in [5.41, 5.74) is 0. The summed E-state index contributed by atoms with van der Waals surface area (Å²) in [4.78, 5) is 7.36. The number of hydrogen-bond donors (Lipinski definition) is 0. The first-order valence-electron chi connectivity index (χ1n) is 5.38. The van der Waals surface area contributed by atoms with E-state index < -0.39 is 19.5 Å². The first-order valence-corrected chi connectivity index (χ1v) is 6.98. The summed E-state index contributed by atoms with van der Waals surface area (Å²) in [5.74, 6) is -4.31. The zero-order valence-electron chi connectivity index (χ0n) is 12.2. The van der Waals surface area contributed by atoms with Gasteiger partial charge in [0.15, 0.2) is 7.51 Å². The normalized spacial score (nSPS) is 14.6. The van der Waals surface area contributed by atoms with Crippen LogP contribution in [0.5, 0.6) is 0 Å². The minimum Gasteiger partial charge on any atom is -0.250 e. The van der Waals surface area contributed by atoms with Gasteiger partial charge < -0.3 is 0 Å². The second-order valence-corrected chi connectivity index (χ2v) is 8.29. The Bertz CT molecular complexity index is 326. The molecule has 0 amide bonds. The lowest BCUT2D eigenvalue weighted by Gasteiger charge is -2.40. The first kappa shape index (κ1) is 18.8. The Morgan fingerprint density at radius 2 is 1.16 bits per heavy atom. The fourth-order valence-electron chi connectivity index (χ4n) is 1.48. The van der Waals surface area contributed by atoms with E-state index in [-0.39, 0.29) is 6.92 Å². The second kappa shape index (κ2) is 6.05. The van der Waals surface area contributed by atoms with Crippen molar-refractivity contribution in [3.63, 3.8) is 0 Å². The lowest BCUT2D eigenvalue weighted by Crippen LogP contribution is -2.39. The molecule has 0 spiro atoms. The van der Waals surface area contributed by atoms with Crippen LogP contribution in [0.4, 0.5) is 17.6 Å². The zero-order chi connectivity index (χ0) is 15.6. The van der Waals surface area contributed by atoms with Crippen LogP contribution in [0, 0.1) is 0 Å². The van der Waals surface area contributed by atoms with Crippen molar-refractivity contribution in [3.05, 3.63) is 0 Å². The van der Waals surface area contributed by atoms with E-state index in [0.717, 1.165) is 0 Å². The maximum atomic E-state index is 13.1. The molecule has 0 aliphatic rings. The summed E-state index contributed by atoms with van der Waals surface area (Å²) >= 11 is 0. The van der Waals surface area contributed by atoms with Gasteiger partial charge in [-0.1, -0.05) is 0 Å². The fourth-order valence-corrected chi connectivity index (χ4v) is 4.28. The molecular weight excluding hydrogens is 287 g/mol. The van der Waals surface area contributed by atoms with Gasteiger partial charge in [-0.3, -0.25) is 14.0 Å². The first-order chi connectivity index (χ1) is 8.29. The Hall–Kier alpha value is -0.210. The molecule has 0 aromatic carbocycles. The summed E-state index contributed by atoms with van der Waals surface area (Å²) in [6.07, 6.45) is -4.65. The Morgan fingerprint density at radius 3 is 1.37 bits per heavy atom. The third-order valence-corrected chi connectivity index (χ3v) is 5.91. The highest BCUT2D eigenvalue weighted by molar-refractivity contribution is 7.58. The Morgan fingerprint density at radius 1 is 0.842 bits per heavy atom. The van der Waals surface area contributed by atoms with Crippen LogP contribution in [0.2, 0.25) is 0 Å². The molecule has 116 valence electrons. The molecule has 5 nitrogen and oxygen atoms in total. The van der Waals surface area contributed by atoms with E-state index in [9.17, 15) is 17.6 Å². The predicted molar refractivity (Wildman–Crippen MR) is 67.1 cm³/mol. The third-order valence-electron chi connectivity index (χ3n) is 2.39. The maximum Gasteiger partial charge on any atom is 0.440 e. The Kier molecular flexibility index (Phi) is 5.98. The molecule has 0 N–H and O–H groups in total. The summed E-state index contributed by atoms with van der Waals surface area (Å²) in [7, 11) is 6.90. The number of nitrogens with zero attached hydrogens (tertiary/aromatic N) is 4. The van der Waals surface area contributed by atoms with Gasteiger partial charge in [0.05, 0.1) is 0 Å². The lowest BCUT2D eigenvalue weighted by molar-refractivity contribution is -0.341. The molecule has 0 fully saturated rings. The fraction of sp³-hybridized carbons (Fsp3) is 1.00. The summed E-state index contributed by atoms with van der Waals surface area (Å²) in [6, 6.07) is 0. The van der Waals surface area contributed by atoms with Crippen molar-refractivity contribution >= 4 is 7.51 Å². The Balaban J connectivity index is 5.61. The highest BCUT2D eigenvalue weighted by atomic mass is 31.2. The van der Waals surface area contributed by atoms with Gasteiger partial charge in [-0.15, -0.1) is 4.91 Å². The molecule has 0 saturated heterocycles. The SMILES string of the molecule is CN(C)P(=NOC(F)(F)C(C)(F)F)(N(C)C)N(C)C. The average molecular weight is 308 g/mol. The largest absolute Gasteiger partial charge is 0.440 e. The van der Waals surface area contributed by atoms with E-state index in [4.69, 9.17) is 0 Å². The van der Waals surface area contributed by atoms with Gasteiger partial charge in [-0.2, -0.15) is 22.4 Å². The topological polar surface area (TPSA) is 31.3 Å². The van der Waals surface area contributed by atoms with Gasteiger partial charge in [0.1, 0.15) is 0 Å². The zero-order valence-corrected chi connectivity index (χ0v) is 13.1. The average Bonchev–Trinajstić information content (AvgIpc) is 2.14. The van der Waals surface area contributed by atoms with Crippen molar-refractivity contribution in [2.75, 3.05) is 42.3 Å². The summed E-state index contributed by atoms with van der Waals surface area (Å²) < 4.78 is 56.4. The van der Waals surface area contributed by atoms with Crippen LogP contribution < -0.4 is 0 Å². The maximum absolute atomic E-state index is 13.1. The van der Waals surface area contributed by atoms with Crippen molar-refractivity contribution in [2.45, 2.75) is 19.0 Å². The highest BCUT2D eigenvalue weighted by Crippen LogP contribution is 2.55. The molecular formula is C9H21F4N4OP. The van der Waals surface area contributed by atoms with Crippen LogP contribution in [-0.4, -0.2) is 68.3 Å². The van der Waals surface area contributed by atoms with Gasteiger partial charge in [0.2, 0.25) is 0 Å². The van der Waals surface area contributed by atoms with Crippen molar-refractivity contribution in [2.24, 2.45) is 4.91 Å². The molecule has 0 aliphatic carbocycles. The summed E-state index contributed by atoms with van der Waals surface area (Å²) in [5, 5.41) is 0. The number of rotatable bonds is 6. The molecule has 0 heterocycles. The van der Waals surface area contributed by atoms with Gasteiger partial charge in [-0.05, 0) is 42.3 Å². The van der Waals surface area contributed by atoms with Gasteiger partial charge in [0.25, 0.3) is 0 Å². The van der Waals surface area contributed by atoms with Crippen LogP contribution in [-0.2, 0) is 4.84 Å².